The van der Waals surface area contributed by atoms with Crippen LogP contribution in [0.15, 0.2) is 78.9 Å². The molecule has 0 N–H and O–H groups in total. The van der Waals surface area contributed by atoms with Crippen LogP contribution in [0.4, 0.5) is 8.78 Å². The van der Waals surface area contributed by atoms with Crippen LogP contribution in [0.3, 0.4) is 0 Å². The van der Waals surface area contributed by atoms with Crippen LogP contribution in [0.25, 0.3) is 0 Å². The number of hydrogen-bond donors (Lipinski definition) is 0. The van der Waals surface area contributed by atoms with Gasteiger partial charge in [0.25, 0.3) is 0 Å². The van der Waals surface area contributed by atoms with Gasteiger partial charge in [0, 0.05) is 36.8 Å². The Bertz CT molecular complexity index is 2260. The topological polar surface area (TPSA) is 78.9 Å². The molecular formula is C44H42F2N2O7. The summed E-state index contributed by atoms with van der Waals surface area (Å²) < 4.78 is 65.7. The molecule has 4 aliphatic rings. The van der Waals surface area contributed by atoms with Gasteiger partial charge in [-0.25, -0.2) is 13.6 Å². The quantitative estimate of drug-likeness (QED) is 0.130. The fourth-order valence-electron chi connectivity index (χ4n) is 8.00. The second-order valence-electron chi connectivity index (χ2n) is 14.3. The largest absolute Gasteiger partial charge is 0.493 e. The lowest BCUT2D eigenvalue weighted by Crippen LogP contribution is -2.34. The number of ether oxygens (including phenoxy) is 6. The third-order valence-electron chi connectivity index (χ3n) is 10.9. The molecule has 0 aromatic heterocycles. The van der Waals surface area contributed by atoms with Crippen LogP contribution in [-0.4, -0.2) is 64.3 Å². The maximum Gasteiger partial charge on any atom is 0.344 e. The van der Waals surface area contributed by atoms with Gasteiger partial charge < -0.3 is 28.4 Å². The second-order valence-corrected chi connectivity index (χ2v) is 14.3. The Morgan fingerprint density at radius 3 is 2.00 bits per heavy atom. The molecule has 0 fully saturated rings. The molecule has 5 aromatic rings. The fourth-order valence-corrected chi connectivity index (χ4v) is 8.00. The Labute approximate surface area is 318 Å². The number of esters is 1. The van der Waals surface area contributed by atoms with E-state index in [4.69, 9.17) is 28.4 Å². The molecule has 9 rings (SSSR count). The predicted molar refractivity (Wildman–Crippen MR) is 202 cm³/mol. The zero-order valence-corrected chi connectivity index (χ0v) is 31.4. The van der Waals surface area contributed by atoms with Crippen LogP contribution in [0, 0.1) is 11.6 Å². The molecule has 0 amide bonds. The smallest absolute Gasteiger partial charge is 0.344 e. The number of benzene rings is 5. The van der Waals surface area contributed by atoms with Crippen LogP contribution in [0.1, 0.15) is 55.8 Å². The fraction of sp³-hybridized carbons (Fsp3) is 0.295. The minimum absolute atomic E-state index is 0.0118. The Morgan fingerprint density at radius 1 is 0.673 bits per heavy atom. The Balaban J connectivity index is 1.36. The normalized spacial score (nSPS) is 17.9. The molecule has 0 saturated heterocycles. The van der Waals surface area contributed by atoms with Gasteiger partial charge in [0.05, 0.1) is 26.9 Å². The van der Waals surface area contributed by atoms with E-state index in [1.54, 1.807) is 14.2 Å². The molecule has 5 aromatic carbocycles. The average molecular weight is 749 g/mol. The number of rotatable bonds is 5. The van der Waals surface area contributed by atoms with Gasteiger partial charge in [0.1, 0.15) is 17.4 Å². The van der Waals surface area contributed by atoms with Crippen LogP contribution < -0.4 is 28.4 Å². The van der Waals surface area contributed by atoms with Crippen molar-refractivity contribution in [3.63, 3.8) is 0 Å². The summed E-state index contributed by atoms with van der Waals surface area (Å²) in [4.78, 5) is 18.3. The molecule has 9 nitrogen and oxygen atoms in total. The first kappa shape index (κ1) is 36.3. The molecule has 0 saturated carbocycles. The molecule has 0 spiro atoms. The summed E-state index contributed by atoms with van der Waals surface area (Å²) in [6.45, 7) is 1.58. The van der Waals surface area contributed by atoms with E-state index in [-0.39, 0.29) is 34.9 Å². The van der Waals surface area contributed by atoms with Crippen molar-refractivity contribution >= 4 is 5.97 Å². The zero-order chi connectivity index (χ0) is 38.4. The maximum atomic E-state index is 14.3. The highest BCUT2D eigenvalue weighted by molar-refractivity contribution is 5.92. The van der Waals surface area contributed by atoms with Crippen LogP contribution in [-0.2, 0) is 25.7 Å². The molecule has 0 radical (unpaired) electrons. The van der Waals surface area contributed by atoms with Crippen molar-refractivity contribution in [3.05, 3.63) is 129 Å². The summed E-state index contributed by atoms with van der Waals surface area (Å²) in [5, 5.41) is 0. The molecular weight excluding hydrogens is 706 g/mol. The van der Waals surface area contributed by atoms with Gasteiger partial charge in [-0.15, -0.1) is 0 Å². The van der Waals surface area contributed by atoms with E-state index in [1.165, 1.54) is 7.11 Å². The molecule has 284 valence electrons. The Kier molecular flexibility index (Phi) is 9.83. The van der Waals surface area contributed by atoms with E-state index in [0.717, 1.165) is 71.4 Å². The highest BCUT2D eigenvalue weighted by atomic mass is 19.1. The van der Waals surface area contributed by atoms with Gasteiger partial charge in [-0.1, -0.05) is 18.2 Å². The lowest BCUT2D eigenvalue weighted by molar-refractivity contribution is 0.0722. The number of nitrogens with zero attached hydrogens (tertiary/aromatic N) is 2. The van der Waals surface area contributed by atoms with Crippen LogP contribution in [0.2, 0.25) is 0 Å². The van der Waals surface area contributed by atoms with Crippen molar-refractivity contribution in [3.8, 4) is 46.0 Å². The maximum absolute atomic E-state index is 14.3. The number of carbonyl (C=O) groups is 1. The first-order chi connectivity index (χ1) is 26.6. The van der Waals surface area contributed by atoms with Crippen molar-refractivity contribution in [2.75, 3.05) is 48.5 Å². The highest BCUT2D eigenvalue weighted by Crippen LogP contribution is 2.52. The van der Waals surface area contributed by atoms with Gasteiger partial charge >= 0.3 is 5.97 Å². The molecule has 6 bridgehead atoms. The summed E-state index contributed by atoms with van der Waals surface area (Å²) in [6, 6.07) is 22.2. The third kappa shape index (κ3) is 7.05. The van der Waals surface area contributed by atoms with Gasteiger partial charge in [0.2, 0.25) is 5.75 Å². The van der Waals surface area contributed by atoms with E-state index in [2.05, 4.69) is 29.0 Å². The van der Waals surface area contributed by atoms with Gasteiger partial charge in [-0.05, 0) is 122 Å². The molecule has 11 heteroatoms. The highest BCUT2D eigenvalue weighted by Gasteiger charge is 2.36. The standard InChI is InChI=1S/C44H42F2N2O7/c1-47-14-12-27-21-37(51-4)39-24-33(27)34(47)16-25-6-9-32(10-7-25)53-38-18-26(8-11-36(38)50-3)17-35-41-28(13-15-48(35)2)22-40(52-5)42(43(41)54-39)55-44(49)29-19-30(45)23-31(46)20-29/h6-11,18-24,34-35H,12-17H2,1-5H3. The van der Waals surface area contributed by atoms with Crippen molar-refractivity contribution in [1.29, 1.82) is 0 Å². The summed E-state index contributed by atoms with van der Waals surface area (Å²) in [5.41, 5.74) is 5.76. The number of methoxy groups -OCH3 is 3. The molecule has 2 unspecified atom stereocenters. The number of carbonyl (C=O) groups excluding carboxylic acids is 1. The number of hydrogen-bond acceptors (Lipinski definition) is 9. The predicted octanol–water partition coefficient (Wildman–Crippen LogP) is 8.65. The van der Waals surface area contributed by atoms with E-state index in [0.29, 0.717) is 47.7 Å². The van der Waals surface area contributed by atoms with E-state index in [9.17, 15) is 13.6 Å². The second kappa shape index (κ2) is 14.9. The zero-order valence-electron chi connectivity index (χ0n) is 31.4. The summed E-state index contributed by atoms with van der Waals surface area (Å²) in [6.07, 6.45) is 2.71. The molecule has 4 aliphatic heterocycles. The first-order valence-electron chi connectivity index (χ1n) is 18.3. The summed E-state index contributed by atoms with van der Waals surface area (Å²) in [5.74, 6) is 0.490. The third-order valence-corrected chi connectivity index (χ3v) is 10.9. The van der Waals surface area contributed by atoms with Crippen molar-refractivity contribution in [1.82, 2.24) is 9.80 Å². The number of likely N-dealkylation sites (N-methyl/N-ethyl adjacent to an activating group) is 2. The average Bonchev–Trinajstić information content (AvgIpc) is 3.17. The van der Waals surface area contributed by atoms with Crippen LogP contribution in [0.5, 0.6) is 46.0 Å². The Hall–Kier alpha value is -5.65. The first-order valence-corrected chi connectivity index (χ1v) is 18.3. The SMILES string of the molecule is COc1ccc2cc1Oc1ccc(cc1)CC1c3cc(c(OC)cc3CCN1C)Oc1c(OC(=O)c3cc(F)cc(F)c3)c(OC)cc3c1C(C2)N(C)CC3. The lowest BCUT2D eigenvalue weighted by atomic mass is 9.87. The summed E-state index contributed by atoms with van der Waals surface area (Å²) in [7, 11) is 8.85. The van der Waals surface area contributed by atoms with Crippen molar-refractivity contribution < 1.29 is 42.0 Å². The minimum Gasteiger partial charge on any atom is -0.493 e. The van der Waals surface area contributed by atoms with Crippen molar-refractivity contribution in [2.45, 2.75) is 37.8 Å². The van der Waals surface area contributed by atoms with Gasteiger partial charge in [-0.3, -0.25) is 9.80 Å². The number of halogens is 2. The molecule has 0 aliphatic carbocycles. The molecule has 55 heavy (non-hydrogen) atoms. The lowest BCUT2D eigenvalue weighted by Gasteiger charge is -2.37. The minimum atomic E-state index is -0.974. The molecule has 4 heterocycles. The monoisotopic (exact) mass is 748 g/mol. The van der Waals surface area contributed by atoms with E-state index < -0.39 is 17.6 Å². The summed E-state index contributed by atoms with van der Waals surface area (Å²) >= 11 is 0. The van der Waals surface area contributed by atoms with E-state index >= 15 is 0 Å². The Morgan fingerprint density at radius 2 is 1.29 bits per heavy atom. The van der Waals surface area contributed by atoms with Crippen LogP contribution >= 0.6 is 0 Å². The number of fused-ring (bicyclic) bond motifs is 2. The van der Waals surface area contributed by atoms with Crippen molar-refractivity contribution in [2.24, 2.45) is 0 Å². The molecule has 2 atom stereocenters. The van der Waals surface area contributed by atoms with E-state index in [1.807, 2.05) is 55.6 Å². The van der Waals surface area contributed by atoms with Gasteiger partial charge in [-0.2, -0.15) is 0 Å². The van der Waals surface area contributed by atoms with Gasteiger partial charge in [0.15, 0.2) is 34.5 Å².